The third-order valence-corrected chi connectivity index (χ3v) is 4.89. The minimum Gasteiger partial charge on any atom is -0.507 e. The zero-order valence-corrected chi connectivity index (χ0v) is 13.6. The van der Waals surface area contributed by atoms with Crippen LogP contribution < -0.4 is 10.6 Å². The Morgan fingerprint density at radius 3 is 2.55 bits per heavy atom. The normalized spacial score (nSPS) is 11.7. The molecule has 0 saturated carbocycles. The van der Waals surface area contributed by atoms with E-state index in [1.165, 1.54) is 22.0 Å². The molecule has 0 aliphatic rings. The van der Waals surface area contributed by atoms with Crippen LogP contribution in [0.3, 0.4) is 0 Å². The van der Waals surface area contributed by atoms with E-state index in [2.05, 4.69) is 57.1 Å². The van der Waals surface area contributed by atoms with E-state index < -0.39 is 0 Å². The predicted octanol–water partition coefficient (Wildman–Crippen LogP) is 2.70. The molecule has 0 fully saturated rings. The fourth-order valence-electron chi connectivity index (χ4n) is 2.26. The van der Waals surface area contributed by atoms with Crippen LogP contribution in [0.5, 0.6) is 5.75 Å². The molecular formula is C17H22NOP. The van der Waals surface area contributed by atoms with Crippen LogP contribution in [0.15, 0.2) is 36.4 Å². The minimum absolute atomic E-state index is 0.396. The molecule has 1 unspecified atom stereocenters. The molecule has 106 valence electrons. The SMILES string of the molecule is Cc1ccc(O)c(Pc2c(C)cccc2CN(C)C)c1. The Morgan fingerprint density at radius 1 is 1.10 bits per heavy atom. The lowest BCUT2D eigenvalue weighted by Crippen LogP contribution is -2.19. The number of aromatic hydroxyl groups is 1. The Hall–Kier alpha value is -1.37. The first-order chi connectivity index (χ1) is 9.47. The highest BCUT2D eigenvalue weighted by atomic mass is 31.1. The van der Waals surface area contributed by atoms with Crippen LogP contribution in [0.1, 0.15) is 16.7 Å². The lowest BCUT2D eigenvalue weighted by Gasteiger charge is -2.17. The van der Waals surface area contributed by atoms with Crippen molar-refractivity contribution in [3.63, 3.8) is 0 Å². The Balaban J connectivity index is 2.39. The Labute approximate surface area is 123 Å². The van der Waals surface area contributed by atoms with E-state index in [-0.39, 0.29) is 0 Å². The number of phenolic OH excluding ortho intramolecular Hbond substituents is 1. The average Bonchev–Trinajstić information content (AvgIpc) is 2.37. The monoisotopic (exact) mass is 287 g/mol. The smallest absolute Gasteiger partial charge is 0.123 e. The summed E-state index contributed by atoms with van der Waals surface area (Å²) in [5.41, 5.74) is 3.82. The van der Waals surface area contributed by atoms with Gasteiger partial charge >= 0.3 is 0 Å². The predicted molar refractivity (Wildman–Crippen MR) is 89.0 cm³/mol. The molecule has 0 spiro atoms. The van der Waals surface area contributed by atoms with E-state index in [0.717, 1.165) is 11.8 Å². The topological polar surface area (TPSA) is 23.5 Å². The fraction of sp³-hybridized carbons (Fsp3) is 0.294. The van der Waals surface area contributed by atoms with Crippen molar-refractivity contribution in [2.24, 2.45) is 0 Å². The first-order valence-electron chi connectivity index (χ1n) is 6.77. The molecule has 1 atom stereocenters. The van der Waals surface area contributed by atoms with Crippen molar-refractivity contribution in [1.29, 1.82) is 0 Å². The quantitative estimate of drug-likeness (QED) is 0.874. The van der Waals surface area contributed by atoms with Gasteiger partial charge in [-0.2, -0.15) is 0 Å². The first kappa shape index (κ1) is 15.0. The molecule has 0 radical (unpaired) electrons. The summed E-state index contributed by atoms with van der Waals surface area (Å²) < 4.78 is 0. The van der Waals surface area contributed by atoms with Gasteiger partial charge in [0.1, 0.15) is 5.75 Å². The second-order valence-electron chi connectivity index (χ2n) is 5.49. The van der Waals surface area contributed by atoms with Crippen LogP contribution in [0.2, 0.25) is 0 Å². The van der Waals surface area contributed by atoms with Gasteiger partial charge in [-0.15, -0.1) is 0 Å². The third kappa shape index (κ3) is 3.59. The summed E-state index contributed by atoms with van der Waals surface area (Å²) in [4.78, 5) is 2.18. The second-order valence-corrected chi connectivity index (χ2v) is 6.78. The highest BCUT2D eigenvalue weighted by molar-refractivity contribution is 7.56. The van der Waals surface area contributed by atoms with Gasteiger partial charge in [0.25, 0.3) is 0 Å². The van der Waals surface area contributed by atoms with Crippen molar-refractivity contribution < 1.29 is 5.11 Å². The van der Waals surface area contributed by atoms with Crippen LogP contribution in [0, 0.1) is 13.8 Å². The summed E-state index contributed by atoms with van der Waals surface area (Å²) in [6.45, 7) is 5.14. The summed E-state index contributed by atoms with van der Waals surface area (Å²) in [7, 11) is 4.66. The van der Waals surface area contributed by atoms with Crippen LogP contribution in [0.25, 0.3) is 0 Å². The number of aryl methyl sites for hydroxylation is 2. The van der Waals surface area contributed by atoms with E-state index in [0.29, 0.717) is 14.3 Å². The molecular weight excluding hydrogens is 265 g/mol. The summed E-state index contributed by atoms with van der Waals surface area (Å²) >= 11 is 0. The number of nitrogens with zero attached hydrogens (tertiary/aromatic N) is 1. The number of rotatable bonds is 4. The van der Waals surface area contributed by atoms with E-state index in [1.807, 2.05) is 6.07 Å². The molecule has 0 saturated heterocycles. The van der Waals surface area contributed by atoms with Crippen molar-refractivity contribution in [2.45, 2.75) is 20.4 Å². The van der Waals surface area contributed by atoms with Gasteiger partial charge in [-0.1, -0.05) is 38.4 Å². The number of benzene rings is 2. The molecule has 20 heavy (non-hydrogen) atoms. The molecule has 1 N–H and O–H groups in total. The summed E-state index contributed by atoms with van der Waals surface area (Å²) in [5, 5.41) is 12.4. The van der Waals surface area contributed by atoms with Gasteiger partial charge in [-0.05, 0) is 56.5 Å². The highest BCUT2D eigenvalue weighted by Crippen LogP contribution is 2.23. The van der Waals surface area contributed by atoms with E-state index in [4.69, 9.17) is 0 Å². The number of hydrogen-bond donors (Lipinski definition) is 1. The zero-order valence-electron chi connectivity index (χ0n) is 12.6. The molecule has 2 aromatic rings. The molecule has 2 nitrogen and oxygen atoms in total. The Bertz CT molecular complexity index is 608. The largest absolute Gasteiger partial charge is 0.507 e. The lowest BCUT2D eigenvalue weighted by molar-refractivity contribution is 0.403. The summed E-state index contributed by atoms with van der Waals surface area (Å²) in [6.07, 6.45) is 0. The van der Waals surface area contributed by atoms with Gasteiger partial charge in [0.05, 0.1) is 0 Å². The van der Waals surface area contributed by atoms with E-state index in [1.54, 1.807) is 6.07 Å². The first-order valence-corrected chi connectivity index (χ1v) is 7.77. The van der Waals surface area contributed by atoms with Gasteiger partial charge in [0.2, 0.25) is 0 Å². The lowest BCUT2D eigenvalue weighted by atomic mass is 10.1. The highest BCUT2D eigenvalue weighted by Gasteiger charge is 2.10. The second kappa shape index (κ2) is 6.39. The molecule has 2 rings (SSSR count). The molecule has 0 heterocycles. The van der Waals surface area contributed by atoms with Crippen LogP contribution >= 0.6 is 8.58 Å². The van der Waals surface area contributed by atoms with Gasteiger partial charge in [0.15, 0.2) is 0 Å². The molecule has 0 aliphatic heterocycles. The Morgan fingerprint density at radius 2 is 1.85 bits per heavy atom. The maximum absolute atomic E-state index is 10.1. The standard InChI is InChI=1S/C17H22NOP/c1-12-8-9-15(19)16(10-12)20-17-13(2)6-5-7-14(17)11-18(3)4/h5-10,19-20H,11H2,1-4H3. The molecule has 0 bridgehead atoms. The van der Waals surface area contributed by atoms with Crippen molar-refractivity contribution in [3.05, 3.63) is 53.1 Å². The average molecular weight is 287 g/mol. The number of phenols is 1. The van der Waals surface area contributed by atoms with Crippen LogP contribution in [0.4, 0.5) is 0 Å². The molecule has 3 heteroatoms. The molecule has 0 aliphatic carbocycles. The minimum atomic E-state index is 0.396. The van der Waals surface area contributed by atoms with Crippen molar-refractivity contribution >= 4 is 19.2 Å². The van der Waals surface area contributed by atoms with Gasteiger partial charge in [-0.3, -0.25) is 0 Å². The van der Waals surface area contributed by atoms with Gasteiger partial charge in [-0.25, -0.2) is 0 Å². The Kier molecular flexibility index (Phi) is 4.80. The van der Waals surface area contributed by atoms with Crippen LogP contribution in [-0.2, 0) is 6.54 Å². The zero-order chi connectivity index (χ0) is 14.7. The molecule has 2 aromatic carbocycles. The van der Waals surface area contributed by atoms with E-state index >= 15 is 0 Å². The molecule has 0 amide bonds. The van der Waals surface area contributed by atoms with Gasteiger partial charge in [0, 0.05) is 11.8 Å². The van der Waals surface area contributed by atoms with Crippen molar-refractivity contribution in [2.75, 3.05) is 14.1 Å². The maximum Gasteiger partial charge on any atom is 0.123 e. The van der Waals surface area contributed by atoms with Crippen LogP contribution in [-0.4, -0.2) is 24.1 Å². The van der Waals surface area contributed by atoms with Crippen molar-refractivity contribution in [1.82, 2.24) is 4.90 Å². The fourth-order valence-corrected chi connectivity index (χ4v) is 3.65. The summed E-state index contributed by atoms with van der Waals surface area (Å²) in [6, 6.07) is 12.3. The van der Waals surface area contributed by atoms with Gasteiger partial charge < -0.3 is 10.0 Å². The maximum atomic E-state index is 10.1. The number of hydrogen-bond acceptors (Lipinski definition) is 2. The van der Waals surface area contributed by atoms with E-state index in [9.17, 15) is 5.11 Å². The molecule has 0 aromatic heterocycles. The third-order valence-electron chi connectivity index (χ3n) is 3.26. The van der Waals surface area contributed by atoms with Crippen molar-refractivity contribution in [3.8, 4) is 5.75 Å². The summed E-state index contributed by atoms with van der Waals surface area (Å²) in [5.74, 6) is 0.396.